The second-order valence-corrected chi connectivity index (χ2v) is 3.83. The van der Waals surface area contributed by atoms with E-state index in [0.29, 0.717) is 6.42 Å². The van der Waals surface area contributed by atoms with Crippen LogP contribution in [-0.2, 0) is 4.79 Å². The van der Waals surface area contributed by atoms with Crippen LogP contribution >= 0.6 is 11.8 Å². The van der Waals surface area contributed by atoms with Crippen LogP contribution in [-0.4, -0.2) is 33.8 Å². The molecule has 72 valence electrons. The molecule has 2 N–H and O–H groups in total. The van der Waals surface area contributed by atoms with Gasteiger partial charge < -0.3 is 10.2 Å². The summed E-state index contributed by atoms with van der Waals surface area (Å²) in [5, 5.41) is 17.2. The van der Waals surface area contributed by atoms with Crippen LogP contribution in [0.1, 0.15) is 26.2 Å². The molecule has 0 aromatic heterocycles. The fraction of sp³-hybridized carbons (Fsp3) is 0.875. The molecule has 0 aliphatic rings. The third-order valence-electron chi connectivity index (χ3n) is 1.40. The topological polar surface area (TPSA) is 57.5 Å². The highest BCUT2D eigenvalue weighted by Crippen LogP contribution is 2.07. The molecule has 0 saturated heterocycles. The summed E-state index contributed by atoms with van der Waals surface area (Å²) >= 11 is 1.80. The van der Waals surface area contributed by atoms with Crippen molar-refractivity contribution < 1.29 is 15.0 Å². The highest BCUT2D eigenvalue weighted by molar-refractivity contribution is 7.99. The molecule has 1 atom stereocenters. The number of aliphatic hydroxyl groups excluding tert-OH is 1. The van der Waals surface area contributed by atoms with Gasteiger partial charge in [-0.2, -0.15) is 11.8 Å². The Bertz CT molecular complexity index is 127. The van der Waals surface area contributed by atoms with Crippen LogP contribution in [0.5, 0.6) is 0 Å². The monoisotopic (exact) mass is 192 g/mol. The zero-order chi connectivity index (χ0) is 9.40. The van der Waals surface area contributed by atoms with Crippen LogP contribution in [0, 0.1) is 0 Å². The highest BCUT2D eigenvalue weighted by Gasteiger charge is 2.11. The highest BCUT2D eigenvalue weighted by atomic mass is 32.2. The Balaban J connectivity index is 3.14. The lowest BCUT2D eigenvalue weighted by Gasteiger charge is -2.03. The van der Waals surface area contributed by atoms with E-state index in [2.05, 4.69) is 6.92 Å². The van der Waals surface area contributed by atoms with Gasteiger partial charge in [0, 0.05) is 0 Å². The maximum absolute atomic E-state index is 10.2. The Morgan fingerprint density at radius 1 is 1.50 bits per heavy atom. The van der Waals surface area contributed by atoms with Gasteiger partial charge in [0.15, 0.2) is 6.10 Å². The molecule has 4 heteroatoms. The van der Waals surface area contributed by atoms with Gasteiger partial charge in [0.05, 0.1) is 0 Å². The number of carbonyl (C=O) groups is 1. The van der Waals surface area contributed by atoms with Crippen molar-refractivity contribution in [1.82, 2.24) is 0 Å². The van der Waals surface area contributed by atoms with E-state index in [1.807, 2.05) is 0 Å². The first-order valence-corrected chi connectivity index (χ1v) is 5.32. The Morgan fingerprint density at radius 3 is 2.67 bits per heavy atom. The molecule has 0 rings (SSSR count). The standard InChI is InChI=1S/C8H16O3S/c1-2-5-12-6-3-4-7(9)8(10)11/h7,9H,2-6H2,1H3,(H,10,11). The Labute approximate surface area is 77.2 Å². The number of carboxylic acid groups (broad SMARTS) is 1. The normalized spacial score (nSPS) is 12.8. The zero-order valence-electron chi connectivity index (χ0n) is 7.32. The van der Waals surface area contributed by atoms with Gasteiger partial charge in [-0.15, -0.1) is 0 Å². The molecule has 0 fully saturated rings. The van der Waals surface area contributed by atoms with Gasteiger partial charge in [-0.05, 0) is 30.8 Å². The number of aliphatic carboxylic acids is 1. The van der Waals surface area contributed by atoms with Gasteiger partial charge in [0.2, 0.25) is 0 Å². The number of hydrogen-bond donors (Lipinski definition) is 2. The Morgan fingerprint density at radius 2 is 2.17 bits per heavy atom. The van der Waals surface area contributed by atoms with Crippen LogP contribution in [0.15, 0.2) is 0 Å². The molecule has 0 heterocycles. The van der Waals surface area contributed by atoms with Crippen molar-refractivity contribution in [3.05, 3.63) is 0 Å². The maximum Gasteiger partial charge on any atom is 0.332 e. The fourth-order valence-electron chi connectivity index (χ4n) is 0.749. The van der Waals surface area contributed by atoms with Crippen molar-refractivity contribution in [2.45, 2.75) is 32.3 Å². The van der Waals surface area contributed by atoms with E-state index in [0.717, 1.165) is 24.3 Å². The number of thioether (sulfide) groups is 1. The van der Waals surface area contributed by atoms with Crippen molar-refractivity contribution in [2.24, 2.45) is 0 Å². The van der Waals surface area contributed by atoms with Gasteiger partial charge >= 0.3 is 5.97 Å². The molecular weight excluding hydrogens is 176 g/mol. The Hall–Kier alpha value is -0.220. The lowest BCUT2D eigenvalue weighted by molar-refractivity contribution is -0.146. The summed E-state index contributed by atoms with van der Waals surface area (Å²) in [6.07, 6.45) is 1.11. The minimum atomic E-state index is -1.17. The summed E-state index contributed by atoms with van der Waals surface area (Å²) in [5.74, 6) is 0.942. The van der Waals surface area contributed by atoms with Gasteiger partial charge in [0.25, 0.3) is 0 Å². The average molecular weight is 192 g/mol. The van der Waals surface area contributed by atoms with Gasteiger partial charge in [0.1, 0.15) is 0 Å². The van der Waals surface area contributed by atoms with Crippen molar-refractivity contribution in [1.29, 1.82) is 0 Å². The van der Waals surface area contributed by atoms with E-state index in [-0.39, 0.29) is 0 Å². The fourth-order valence-corrected chi connectivity index (χ4v) is 1.61. The molecule has 0 saturated carbocycles. The van der Waals surface area contributed by atoms with E-state index in [1.54, 1.807) is 11.8 Å². The van der Waals surface area contributed by atoms with Crippen LogP contribution in [0.4, 0.5) is 0 Å². The number of rotatable bonds is 7. The van der Waals surface area contributed by atoms with E-state index in [1.165, 1.54) is 0 Å². The summed E-state index contributed by atoms with van der Waals surface area (Å²) in [6, 6.07) is 0. The first kappa shape index (κ1) is 11.8. The van der Waals surface area contributed by atoms with Crippen LogP contribution in [0.3, 0.4) is 0 Å². The molecule has 0 aliphatic heterocycles. The number of aliphatic hydroxyl groups is 1. The van der Waals surface area contributed by atoms with Gasteiger partial charge in [-0.25, -0.2) is 4.79 Å². The predicted molar refractivity (Wildman–Crippen MR) is 50.5 cm³/mol. The first-order valence-electron chi connectivity index (χ1n) is 4.17. The quantitative estimate of drug-likeness (QED) is 0.598. The van der Waals surface area contributed by atoms with Gasteiger partial charge in [-0.1, -0.05) is 6.92 Å². The molecule has 0 aromatic carbocycles. The summed E-state index contributed by atoms with van der Waals surface area (Å²) in [4.78, 5) is 10.2. The van der Waals surface area contributed by atoms with E-state index in [4.69, 9.17) is 10.2 Å². The molecule has 3 nitrogen and oxygen atoms in total. The number of carboxylic acids is 1. The lowest BCUT2D eigenvalue weighted by atomic mass is 10.2. The summed E-state index contributed by atoms with van der Waals surface area (Å²) < 4.78 is 0. The summed E-state index contributed by atoms with van der Waals surface area (Å²) in [6.45, 7) is 2.11. The average Bonchev–Trinajstić information content (AvgIpc) is 2.03. The van der Waals surface area contributed by atoms with Crippen LogP contribution < -0.4 is 0 Å². The molecule has 0 aromatic rings. The van der Waals surface area contributed by atoms with Crippen molar-refractivity contribution in [2.75, 3.05) is 11.5 Å². The SMILES string of the molecule is CCCSCCCC(O)C(=O)O. The molecule has 0 aliphatic carbocycles. The second-order valence-electron chi connectivity index (χ2n) is 2.61. The smallest absolute Gasteiger partial charge is 0.332 e. The number of hydrogen-bond acceptors (Lipinski definition) is 3. The molecule has 0 radical (unpaired) electrons. The van der Waals surface area contributed by atoms with E-state index < -0.39 is 12.1 Å². The predicted octanol–water partition coefficient (Wildman–Crippen LogP) is 1.36. The Kier molecular flexibility index (Phi) is 7.29. The molecule has 0 bridgehead atoms. The largest absolute Gasteiger partial charge is 0.479 e. The third kappa shape index (κ3) is 6.49. The maximum atomic E-state index is 10.2. The first-order chi connectivity index (χ1) is 5.68. The molecule has 0 spiro atoms. The van der Waals surface area contributed by atoms with Crippen LogP contribution in [0.25, 0.3) is 0 Å². The van der Waals surface area contributed by atoms with Crippen LogP contribution in [0.2, 0.25) is 0 Å². The molecule has 1 unspecified atom stereocenters. The summed E-state index contributed by atoms with van der Waals surface area (Å²) in [5.41, 5.74) is 0. The minimum Gasteiger partial charge on any atom is -0.479 e. The zero-order valence-corrected chi connectivity index (χ0v) is 8.14. The lowest BCUT2D eigenvalue weighted by Crippen LogP contribution is -2.19. The summed E-state index contributed by atoms with van der Waals surface area (Å²) in [7, 11) is 0. The second kappa shape index (κ2) is 7.43. The molecule has 12 heavy (non-hydrogen) atoms. The molecular formula is C8H16O3S. The van der Waals surface area contributed by atoms with Crippen molar-refractivity contribution in [3.8, 4) is 0 Å². The van der Waals surface area contributed by atoms with Gasteiger partial charge in [-0.3, -0.25) is 0 Å². The van der Waals surface area contributed by atoms with E-state index >= 15 is 0 Å². The third-order valence-corrected chi connectivity index (χ3v) is 2.67. The van der Waals surface area contributed by atoms with Crippen molar-refractivity contribution >= 4 is 17.7 Å². The van der Waals surface area contributed by atoms with E-state index in [9.17, 15) is 4.79 Å². The van der Waals surface area contributed by atoms with Crippen molar-refractivity contribution in [3.63, 3.8) is 0 Å². The molecule has 0 amide bonds. The minimum absolute atomic E-state index is 0.367.